The van der Waals surface area contributed by atoms with Crippen molar-refractivity contribution in [3.63, 3.8) is 0 Å². The quantitative estimate of drug-likeness (QED) is 0.0222. The summed E-state index contributed by atoms with van der Waals surface area (Å²) >= 11 is 0. The molecule has 718 valence electrons. The molecule has 6 heterocycles. The molecule has 10 aromatic rings. The summed E-state index contributed by atoms with van der Waals surface area (Å²) in [6.45, 7) is 59.1. The number of benzene rings is 8. The third-order valence-electron chi connectivity index (χ3n) is 30.8. The average molecular weight is 1810 g/mol. The number of furan rings is 2. The number of hydrogen-bond acceptors (Lipinski definition) is 13. The van der Waals surface area contributed by atoms with Crippen LogP contribution in [0, 0.1) is 43.4 Å². The predicted octanol–water partition coefficient (Wildman–Crippen LogP) is 32.5. The molecule has 18 rings (SSSR count). The minimum Gasteiger partial charge on any atom is -0.508 e. The summed E-state index contributed by atoms with van der Waals surface area (Å²) in [5.74, 6) is 9.30. The van der Waals surface area contributed by atoms with E-state index in [0.29, 0.717) is 81.8 Å². The van der Waals surface area contributed by atoms with Crippen LogP contribution < -0.4 is 18.9 Å². The highest BCUT2D eigenvalue weighted by Gasteiger charge is 2.53. The highest BCUT2D eigenvalue weighted by atomic mass is 16.5. The maximum Gasteiger partial charge on any atom is 0.139 e. The van der Waals surface area contributed by atoms with E-state index in [9.17, 15) is 35.7 Å². The van der Waals surface area contributed by atoms with E-state index < -0.39 is 5.60 Å². The van der Waals surface area contributed by atoms with Crippen molar-refractivity contribution in [2.24, 2.45) is 29.6 Å². The number of aliphatic hydroxyl groups is 1. The summed E-state index contributed by atoms with van der Waals surface area (Å²) in [5.41, 5.74) is 22.4. The van der Waals surface area contributed by atoms with Gasteiger partial charge in [-0.2, -0.15) is 0 Å². The Morgan fingerprint density at radius 2 is 0.759 bits per heavy atom. The number of allylic oxidation sites excluding steroid dienone is 4. The second-order valence-corrected chi connectivity index (χ2v) is 43.1. The summed E-state index contributed by atoms with van der Waals surface area (Å²) in [7, 11) is 0. The predicted molar refractivity (Wildman–Crippen MR) is 550 cm³/mol. The zero-order valence-electron chi connectivity index (χ0n) is 84.5. The van der Waals surface area contributed by atoms with Gasteiger partial charge in [0.05, 0.1) is 16.4 Å². The van der Waals surface area contributed by atoms with Crippen LogP contribution in [0.1, 0.15) is 380 Å². The minimum atomic E-state index is -0.761. The molecular formula is C120H160O13. The van der Waals surface area contributed by atoms with Gasteiger partial charge in [0.1, 0.15) is 103 Å². The largest absolute Gasteiger partial charge is 0.508 e. The normalized spacial score (nSPS) is 23.7. The maximum absolute atomic E-state index is 10.7. The van der Waals surface area contributed by atoms with Crippen molar-refractivity contribution < 1.29 is 63.5 Å². The Kier molecular flexibility index (Phi) is 32.0. The highest BCUT2D eigenvalue weighted by molar-refractivity contribution is 6.14. The number of fused-ring (bicyclic) bond motifs is 21. The third kappa shape index (κ3) is 22.0. The second-order valence-electron chi connectivity index (χ2n) is 43.1. The fraction of sp³-hybridized carbons (Fsp3) is 0.533. The van der Waals surface area contributed by atoms with Crippen molar-refractivity contribution in [1.82, 2.24) is 0 Å². The second kappa shape index (κ2) is 42.3. The van der Waals surface area contributed by atoms with Gasteiger partial charge < -0.3 is 63.5 Å². The zero-order valence-corrected chi connectivity index (χ0v) is 84.5. The van der Waals surface area contributed by atoms with E-state index in [2.05, 4.69) is 192 Å². The monoisotopic (exact) mass is 1810 g/mol. The molecule has 4 unspecified atom stereocenters. The van der Waals surface area contributed by atoms with E-state index in [1.807, 2.05) is 70.2 Å². The third-order valence-corrected chi connectivity index (χ3v) is 30.8. The fourth-order valence-electron chi connectivity index (χ4n) is 23.9. The first-order valence-electron chi connectivity index (χ1n) is 51.0. The van der Waals surface area contributed by atoms with Gasteiger partial charge in [-0.05, 0) is 369 Å². The van der Waals surface area contributed by atoms with Crippen LogP contribution in [0.4, 0.5) is 0 Å². The first-order chi connectivity index (χ1) is 63.2. The van der Waals surface area contributed by atoms with Crippen LogP contribution in [-0.4, -0.2) is 64.3 Å². The highest BCUT2D eigenvalue weighted by Crippen LogP contribution is 2.61. The van der Waals surface area contributed by atoms with Gasteiger partial charge in [-0.15, -0.1) is 0 Å². The molecule has 0 radical (unpaired) electrons. The minimum absolute atomic E-state index is 0.0722. The summed E-state index contributed by atoms with van der Waals surface area (Å²) in [4.78, 5) is 0. The van der Waals surface area contributed by atoms with Crippen LogP contribution in [0.25, 0.3) is 49.5 Å². The lowest BCUT2D eigenvalue weighted by molar-refractivity contribution is -0.0432. The Morgan fingerprint density at radius 1 is 0.414 bits per heavy atom. The van der Waals surface area contributed by atoms with Crippen molar-refractivity contribution in [3.8, 4) is 57.5 Å². The van der Waals surface area contributed by atoms with Gasteiger partial charge >= 0.3 is 0 Å². The van der Waals surface area contributed by atoms with E-state index in [0.717, 1.165) is 269 Å². The molecule has 4 aliphatic heterocycles. The summed E-state index contributed by atoms with van der Waals surface area (Å²) in [6.07, 6.45) is 31.4. The first-order valence-corrected chi connectivity index (χ1v) is 51.0. The molecule has 0 spiro atoms. The van der Waals surface area contributed by atoms with Crippen LogP contribution in [0.15, 0.2) is 149 Å². The van der Waals surface area contributed by atoms with Gasteiger partial charge in [0.15, 0.2) is 0 Å². The lowest BCUT2D eigenvalue weighted by Gasteiger charge is -2.48. The molecule has 133 heavy (non-hydrogen) atoms. The Hall–Kier alpha value is -9.72. The number of phenolic OH excluding ortho intramolecular Hbond substituents is 6. The molecule has 4 aliphatic carbocycles. The van der Waals surface area contributed by atoms with Crippen molar-refractivity contribution >= 4 is 49.5 Å². The number of hydrogen-bond donors (Lipinski definition) is 7. The molecule has 0 amide bonds. The number of unbranched alkanes of at least 4 members (excludes halogenated alkanes) is 6. The Balaban J connectivity index is 0.000000136. The molecular weight excluding hydrogens is 1650 g/mol. The lowest BCUT2D eigenvalue weighted by Crippen LogP contribution is -2.45. The number of aryl methyl sites for hydroxylation is 8. The average Bonchev–Trinajstić information content (AvgIpc) is 1.52. The number of aromatic hydroxyl groups is 6. The lowest BCUT2D eigenvalue weighted by atomic mass is 9.65. The molecule has 0 saturated heterocycles. The van der Waals surface area contributed by atoms with E-state index in [1.165, 1.54) is 83.9 Å². The zero-order chi connectivity index (χ0) is 96.2. The van der Waals surface area contributed by atoms with Gasteiger partial charge in [-0.1, -0.05) is 193 Å². The summed E-state index contributed by atoms with van der Waals surface area (Å²) in [5, 5.41) is 77.9. The molecule has 13 atom stereocenters. The Labute approximate surface area is 796 Å². The molecule has 4 fully saturated rings. The molecule has 6 bridgehead atoms. The van der Waals surface area contributed by atoms with Gasteiger partial charge in [0.2, 0.25) is 0 Å². The van der Waals surface area contributed by atoms with Crippen molar-refractivity contribution in [2.75, 3.05) is 0 Å². The fourth-order valence-corrected chi connectivity index (χ4v) is 23.9. The molecule has 2 aromatic heterocycles. The Morgan fingerprint density at radius 3 is 1.12 bits per heavy atom. The van der Waals surface area contributed by atoms with E-state index in [4.69, 9.17) is 27.8 Å². The van der Waals surface area contributed by atoms with E-state index in [-0.39, 0.29) is 34.7 Å². The van der Waals surface area contributed by atoms with Crippen molar-refractivity contribution in [3.05, 3.63) is 218 Å². The molecule has 7 N–H and O–H groups in total. The van der Waals surface area contributed by atoms with Gasteiger partial charge in [0, 0.05) is 56.7 Å². The van der Waals surface area contributed by atoms with E-state index >= 15 is 0 Å². The first kappa shape index (κ1) is 101. The summed E-state index contributed by atoms with van der Waals surface area (Å²) < 4.78 is 37.4. The number of phenols is 6. The standard InChI is InChI=1S/C21H30O2.C21H26O2.C21H24O2.C19H28O3.2C19H26O2/c1-5-6-7-8-15-11-18(22)20-17-13-21(4,23-19(20)12-15)10-9-16(17)14(2)3;2*1-5-6-7-8-15-11-17(22)20-18(12-15)23-21-14(4)9-10-16(13(2)3)19(20)21;1-5-6-12-9-14(20)17-15(10-12)22-18-11(2)7-8-13(16(17)18)19(3,4)21;2*1-5-6-13-9-16(20)18-15-11-19(4,21-17(18)10-13)8-7-14(15)12(2)3/h11-12,16-17,22H,2,5-10,13H2,1,3-4H3;9-13,22H,5-8H2,1-4H3;9-12,22H,2,5-8H2,1,3-4H3;9-11,13,16,18,20-21H,5-8H2,1-4H3;2*9-10,14-15,20H,2,5-8,11H2,1,3-4H3/t16-,17+,21+;;;;2*14-,15-,19-/m0...10/s1. The van der Waals surface area contributed by atoms with Gasteiger partial charge in [-0.25, -0.2) is 0 Å². The van der Waals surface area contributed by atoms with Gasteiger partial charge in [-0.3, -0.25) is 0 Å². The smallest absolute Gasteiger partial charge is 0.139 e. The van der Waals surface area contributed by atoms with Crippen LogP contribution in [-0.2, 0) is 38.5 Å². The molecule has 4 saturated carbocycles. The van der Waals surface area contributed by atoms with Crippen LogP contribution in [0.3, 0.4) is 0 Å². The number of ether oxygens (including phenoxy) is 4. The van der Waals surface area contributed by atoms with E-state index in [1.54, 1.807) is 0 Å². The van der Waals surface area contributed by atoms with Gasteiger partial charge in [0.25, 0.3) is 0 Å². The SMILES string of the molecule is C=C(C)[C@@H]1CC[C@@]2(C)C[C@@H]1c1c(O)cc(CCC)cc1O2.C=C(C)[C@@H]1CC[C@]2(C)C[C@H]1c1c(O)cc(CCCCC)cc1O2.C=C(C)[C@H]1CC[C@]2(C)C[C@H]1c1c(O)cc(CCC)cc1O2.C=C(C)c1ccc(C)c2oc3cc(CCCCC)cc(O)c3c12.CCCCCc1cc(O)c2c(c1)oc1c(C)ccc(C(C)C)c12.CCCc1cc(O)c2c(c1)OC1C(C)CCC(C(C)(C)O)C21. The molecule has 8 aliphatic rings. The van der Waals surface area contributed by atoms with Crippen molar-refractivity contribution in [2.45, 2.75) is 383 Å². The Bertz CT molecular complexity index is 5750. The van der Waals surface area contributed by atoms with Crippen LogP contribution in [0.2, 0.25) is 0 Å². The molecule has 13 nitrogen and oxygen atoms in total. The molecule has 8 aromatic carbocycles. The topological polar surface area (TPSA) is 205 Å². The van der Waals surface area contributed by atoms with Crippen molar-refractivity contribution in [1.29, 1.82) is 0 Å². The maximum atomic E-state index is 10.7. The molecule has 13 heteroatoms. The van der Waals surface area contributed by atoms with Crippen LogP contribution >= 0.6 is 0 Å². The summed E-state index contributed by atoms with van der Waals surface area (Å²) in [6, 6.07) is 32.6. The number of rotatable bonds is 24. The van der Waals surface area contributed by atoms with Crippen LogP contribution in [0.5, 0.6) is 57.5 Å².